The Labute approximate surface area is 79.6 Å². The van der Waals surface area contributed by atoms with Gasteiger partial charge in [0.25, 0.3) is 0 Å². The molecule has 1 atom stereocenters. The molecule has 1 aromatic rings. The Morgan fingerprint density at radius 2 is 2.00 bits per heavy atom. The Kier molecular flexibility index (Phi) is 4.50. The molecule has 0 aliphatic carbocycles. The molecule has 0 bridgehead atoms. The van der Waals surface area contributed by atoms with Crippen LogP contribution in [0.5, 0.6) is 0 Å². The molecule has 2 N–H and O–H groups in total. The van der Waals surface area contributed by atoms with E-state index in [2.05, 4.69) is 17.4 Å². The summed E-state index contributed by atoms with van der Waals surface area (Å²) in [6.07, 6.45) is 2.00. The minimum absolute atomic E-state index is 0.212. The van der Waals surface area contributed by atoms with Gasteiger partial charge in [-0.15, -0.1) is 0 Å². The fourth-order valence-corrected chi connectivity index (χ4v) is 1.31. The van der Waals surface area contributed by atoms with Crippen LogP contribution in [0.4, 0.5) is 0 Å². The highest BCUT2D eigenvalue weighted by Crippen LogP contribution is 2.04. The van der Waals surface area contributed by atoms with Crippen LogP contribution >= 0.6 is 0 Å². The average Bonchev–Trinajstić information content (AvgIpc) is 2.21. The number of hydrogen-bond acceptors (Lipinski definition) is 2. The summed E-state index contributed by atoms with van der Waals surface area (Å²) in [5.41, 5.74) is 1.33. The lowest BCUT2D eigenvalue weighted by molar-refractivity contribution is 0.242. The molecule has 13 heavy (non-hydrogen) atoms. The highest BCUT2D eigenvalue weighted by Gasteiger charge is 2.03. The fourth-order valence-electron chi connectivity index (χ4n) is 1.31. The molecule has 0 heterocycles. The average molecular weight is 179 g/mol. The van der Waals surface area contributed by atoms with E-state index in [9.17, 15) is 0 Å². The maximum absolute atomic E-state index is 8.94. The Bertz CT molecular complexity index is 219. The smallest absolute Gasteiger partial charge is 0.0584 e. The van der Waals surface area contributed by atoms with Gasteiger partial charge in [0.05, 0.1) is 6.61 Å². The third kappa shape index (κ3) is 3.57. The summed E-state index contributed by atoms with van der Waals surface area (Å²) in [6.45, 7) is 0.212. The summed E-state index contributed by atoms with van der Waals surface area (Å²) in [6, 6.07) is 10.6. The fraction of sp³-hybridized carbons (Fsp3) is 0.455. The second-order valence-electron chi connectivity index (χ2n) is 3.19. The summed E-state index contributed by atoms with van der Waals surface area (Å²) in [5, 5.41) is 12.0. The number of aryl methyl sites for hydroxylation is 1. The van der Waals surface area contributed by atoms with Gasteiger partial charge in [0.1, 0.15) is 0 Å². The number of likely N-dealkylation sites (N-methyl/N-ethyl adjacent to an activating group) is 1. The second kappa shape index (κ2) is 5.73. The third-order valence-corrected chi connectivity index (χ3v) is 2.25. The van der Waals surface area contributed by atoms with Crippen molar-refractivity contribution >= 4 is 0 Å². The van der Waals surface area contributed by atoms with Crippen LogP contribution in [0.25, 0.3) is 0 Å². The molecule has 0 spiro atoms. The standard InChI is InChI=1S/C11H17NO/c1-12-11(9-13)8-7-10-5-3-2-4-6-10/h2-6,11-13H,7-9H2,1H3. The molecule has 1 aromatic carbocycles. The number of hydrogen-bond donors (Lipinski definition) is 2. The van der Waals surface area contributed by atoms with Crippen molar-refractivity contribution in [3.63, 3.8) is 0 Å². The van der Waals surface area contributed by atoms with E-state index in [1.54, 1.807) is 0 Å². The molecule has 0 aliphatic rings. The maximum atomic E-state index is 8.94. The molecule has 1 unspecified atom stereocenters. The van der Waals surface area contributed by atoms with Gasteiger partial charge in [-0.1, -0.05) is 30.3 Å². The molecule has 2 heteroatoms. The molecule has 2 nitrogen and oxygen atoms in total. The summed E-state index contributed by atoms with van der Waals surface area (Å²) >= 11 is 0. The van der Waals surface area contributed by atoms with Gasteiger partial charge in [-0.05, 0) is 25.5 Å². The summed E-state index contributed by atoms with van der Waals surface area (Å²) < 4.78 is 0. The van der Waals surface area contributed by atoms with E-state index < -0.39 is 0 Å². The lowest BCUT2D eigenvalue weighted by Gasteiger charge is -2.12. The van der Waals surface area contributed by atoms with Crippen molar-refractivity contribution in [1.29, 1.82) is 0 Å². The lowest BCUT2D eigenvalue weighted by Crippen LogP contribution is -2.29. The van der Waals surface area contributed by atoms with E-state index in [0.29, 0.717) is 0 Å². The number of benzene rings is 1. The molecule has 1 rings (SSSR count). The molecule has 0 amide bonds. The van der Waals surface area contributed by atoms with Crippen LogP contribution in [0.2, 0.25) is 0 Å². The van der Waals surface area contributed by atoms with Gasteiger partial charge in [0.15, 0.2) is 0 Å². The van der Waals surface area contributed by atoms with E-state index in [0.717, 1.165) is 12.8 Å². The highest BCUT2D eigenvalue weighted by atomic mass is 16.3. The van der Waals surface area contributed by atoms with E-state index in [-0.39, 0.29) is 12.6 Å². The van der Waals surface area contributed by atoms with Crippen molar-refractivity contribution in [1.82, 2.24) is 5.32 Å². The Morgan fingerprint density at radius 1 is 1.31 bits per heavy atom. The maximum Gasteiger partial charge on any atom is 0.0584 e. The normalized spacial score (nSPS) is 12.8. The minimum Gasteiger partial charge on any atom is -0.395 e. The first kappa shape index (κ1) is 10.2. The molecule has 72 valence electrons. The molecule has 0 aliphatic heterocycles. The Morgan fingerprint density at radius 3 is 2.54 bits per heavy atom. The predicted molar refractivity (Wildman–Crippen MR) is 54.7 cm³/mol. The number of aliphatic hydroxyl groups is 1. The van der Waals surface area contributed by atoms with Gasteiger partial charge in [-0.25, -0.2) is 0 Å². The van der Waals surface area contributed by atoms with Crippen LogP contribution in [-0.2, 0) is 6.42 Å². The summed E-state index contributed by atoms with van der Waals surface area (Å²) in [7, 11) is 1.88. The lowest BCUT2D eigenvalue weighted by atomic mass is 10.1. The van der Waals surface area contributed by atoms with Gasteiger partial charge >= 0.3 is 0 Å². The SMILES string of the molecule is CNC(CO)CCc1ccccc1. The van der Waals surface area contributed by atoms with Gasteiger partial charge in [-0.2, -0.15) is 0 Å². The van der Waals surface area contributed by atoms with Crippen molar-refractivity contribution in [3.8, 4) is 0 Å². The number of rotatable bonds is 5. The zero-order chi connectivity index (χ0) is 9.52. The Balaban J connectivity index is 2.34. The third-order valence-electron chi connectivity index (χ3n) is 2.25. The first-order valence-corrected chi connectivity index (χ1v) is 4.69. The van der Waals surface area contributed by atoms with Crippen LogP contribution in [0.3, 0.4) is 0 Å². The Hall–Kier alpha value is -0.860. The van der Waals surface area contributed by atoms with E-state index >= 15 is 0 Å². The van der Waals surface area contributed by atoms with Crippen molar-refractivity contribution < 1.29 is 5.11 Å². The summed E-state index contributed by atoms with van der Waals surface area (Å²) in [5.74, 6) is 0. The summed E-state index contributed by atoms with van der Waals surface area (Å²) in [4.78, 5) is 0. The molecule has 0 saturated heterocycles. The van der Waals surface area contributed by atoms with Gasteiger partial charge in [-0.3, -0.25) is 0 Å². The number of aliphatic hydroxyl groups excluding tert-OH is 1. The largest absolute Gasteiger partial charge is 0.395 e. The van der Waals surface area contributed by atoms with E-state index in [1.165, 1.54) is 5.56 Å². The van der Waals surface area contributed by atoms with Crippen LogP contribution in [0.15, 0.2) is 30.3 Å². The second-order valence-corrected chi connectivity index (χ2v) is 3.19. The molecule has 0 radical (unpaired) electrons. The van der Waals surface area contributed by atoms with Gasteiger partial charge in [0, 0.05) is 6.04 Å². The van der Waals surface area contributed by atoms with Crippen molar-refractivity contribution in [2.24, 2.45) is 0 Å². The van der Waals surface area contributed by atoms with E-state index in [4.69, 9.17) is 5.11 Å². The quantitative estimate of drug-likeness (QED) is 0.712. The predicted octanol–water partition coefficient (Wildman–Crippen LogP) is 1.20. The molecule has 0 aromatic heterocycles. The topological polar surface area (TPSA) is 32.3 Å². The first-order valence-electron chi connectivity index (χ1n) is 4.69. The van der Waals surface area contributed by atoms with Crippen LogP contribution in [0, 0.1) is 0 Å². The minimum atomic E-state index is 0.212. The molecular formula is C11H17NO. The van der Waals surface area contributed by atoms with Crippen LogP contribution in [0.1, 0.15) is 12.0 Å². The zero-order valence-corrected chi connectivity index (χ0v) is 8.03. The van der Waals surface area contributed by atoms with Crippen molar-refractivity contribution in [2.45, 2.75) is 18.9 Å². The van der Waals surface area contributed by atoms with Crippen molar-refractivity contribution in [2.75, 3.05) is 13.7 Å². The monoisotopic (exact) mass is 179 g/mol. The first-order chi connectivity index (χ1) is 6.36. The molecule has 0 saturated carbocycles. The van der Waals surface area contributed by atoms with Gasteiger partial charge in [0.2, 0.25) is 0 Å². The van der Waals surface area contributed by atoms with Crippen molar-refractivity contribution in [3.05, 3.63) is 35.9 Å². The highest BCUT2D eigenvalue weighted by molar-refractivity contribution is 5.14. The molecular weight excluding hydrogens is 162 g/mol. The zero-order valence-electron chi connectivity index (χ0n) is 8.03. The van der Waals surface area contributed by atoms with Gasteiger partial charge < -0.3 is 10.4 Å². The number of nitrogens with one attached hydrogen (secondary N) is 1. The van der Waals surface area contributed by atoms with Crippen LogP contribution in [-0.4, -0.2) is 24.8 Å². The van der Waals surface area contributed by atoms with Crippen LogP contribution < -0.4 is 5.32 Å². The molecule has 0 fully saturated rings. The van der Waals surface area contributed by atoms with E-state index in [1.807, 2.05) is 25.2 Å².